The topological polar surface area (TPSA) is 120 Å². The second-order valence-electron chi connectivity index (χ2n) is 10.8. The minimum Gasteiger partial charge on any atom is -0.491 e. The van der Waals surface area contributed by atoms with Crippen LogP contribution in [0.25, 0.3) is 17.2 Å². The first-order valence-corrected chi connectivity index (χ1v) is 18.3. The highest BCUT2D eigenvalue weighted by molar-refractivity contribution is 7.91. The van der Waals surface area contributed by atoms with Crippen LogP contribution in [0, 0.1) is 0 Å². The van der Waals surface area contributed by atoms with E-state index in [-0.39, 0.29) is 29.1 Å². The van der Waals surface area contributed by atoms with Crippen LogP contribution in [0.1, 0.15) is 43.7 Å². The third-order valence-corrected chi connectivity index (χ3v) is 11.1. The monoisotopic (exact) mass is 640 g/mol. The number of unbranched alkanes of at least 4 members (excludes halogenated alkanes) is 1. The molecule has 234 valence electrons. The molecule has 0 atom stereocenters. The van der Waals surface area contributed by atoms with Gasteiger partial charge in [-0.3, -0.25) is 4.79 Å². The van der Waals surface area contributed by atoms with Crippen molar-refractivity contribution in [3.63, 3.8) is 0 Å². The molecule has 44 heavy (non-hydrogen) atoms. The number of amides is 1. The molecule has 0 saturated carbocycles. The first-order chi connectivity index (χ1) is 21.2. The lowest BCUT2D eigenvalue weighted by molar-refractivity contribution is -0.112. The number of nitrogens with one attached hydrogen (secondary N) is 1. The normalized spacial score (nSPS) is 17.2. The molecule has 2 heterocycles. The zero-order valence-electron chi connectivity index (χ0n) is 24.9. The van der Waals surface area contributed by atoms with Gasteiger partial charge in [-0.25, -0.2) is 8.42 Å². The molecule has 0 aromatic heterocycles. The molecule has 2 N–H and O–H groups in total. The molecule has 11 heteroatoms. The number of sulfone groups is 1. The molecule has 0 bridgehead atoms. The largest absolute Gasteiger partial charge is 0.491 e. The minimum atomic E-state index is -3.58. The van der Waals surface area contributed by atoms with E-state index in [1.54, 1.807) is 48.5 Å². The van der Waals surface area contributed by atoms with Crippen molar-refractivity contribution in [3.05, 3.63) is 83.4 Å². The number of rotatable bonds is 12. The summed E-state index contributed by atoms with van der Waals surface area (Å²) in [6.45, 7) is 4.81. The van der Waals surface area contributed by atoms with Crippen LogP contribution in [0.15, 0.2) is 77.2 Å². The van der Waals surface area contributed by atoms with E-state index >= 15 is 0 Å². The van der Waals surface area contributed by atoms with Crippen molar-refractivity contribution >= 4 is 35.5 Å². The third kappa shape index (κ3) is 8.53. The molecule has 3 aromatic carbocycles. The number of anilines is 1. The summed E-state index contributed by atoms with van der Waals surface area (Å²) in [6.07, 6.45) is 4.92. The fraction of sp³-hybridized carbons (Fsp3) is 0.364. The van der Waals surface area contributed by atoms with E-state index in [1.165, 1.54) is 0 Å². The fourth-order valence-corrected chi connectivity index (χ4v) is 8.18. The second kappa shape index (κ2) is 14.8. The van der Waals surface area contributed by atoms with Crippen molar-refractivity contribution in [3.8, 4) is 16.9 Å². The first-order valence-electron chi connectivity index (χ1n) is 14.9. The van der Waals surface area contributed by atoms with Gasteiger partial charge in [-0.1, -0.05) is 43.7 Å². The van der Waals surface area contributed by atoms with Crippen LogP contribution in [0.2, 0.25) is 0 Å². The van der Waals surface area contributed by atoms with Crippen LogP contribution >= 0.6 is 7.94 Å². The van der Waals surface area contributed by atoms with Gasteiger partial charge in [0.05, 0.1) is 30.5 Å². The average molecular weight is 641 g/mol. The third-order valence-electron chi connectivity index (χ3n) is 7.40. The van der Waals surface area contributed by atoms with Crippen molar-refractivity contribution in [1.29, 1.82) is 0 Å². The molecule has 0 spiro atoms. The van der Waals surface area contributed by atoms with Crippen LogP contribution in [-0.4, -0.2) is 58.0 Å². The number of benzene rings is 3. The lowest BCUT2D eigenvalue weighted by Crippen LogP contribution is -2.16. The van der Waals surface area contributed by atoms with Gasteiger partial charge in [0.15, 0.2) is 16.0 Å². The Balaban J connectivity index is 1.26. The maximum atomic E-state index is 13.3. The van der Waals surface area contributed by atoms with Gasteiger partial charge in [-0.05, 0) is 77.6 Å². The fourth-order valence-electron chi connectivity index (χ4n) is 4.97. The Bertz CT molecular complexity index is 1570. The van der Waals surface area contributed by atoms with Gasteiger partial charge in [-0.2, -0.15) is 13.9 Å². The van der Waals surface area contributed by atoms with Crippen molar-refractivity contribution in [2.45, 2.75) is 43.7 Å². The van der Waals surface area contributed by atoms with Gasteiger partial charge in [0.1, 0.15) is 12.4 Å². The predicted molar refractivity (Wildman–Crippen MR) is 172 cm³/mol. The molecule has 0 radical (unpaired) electrons. The van der Waals surface area contributed by atoms with Gasteiger partial charge in [-0.15, -0.1) is 0 Å². The van der Waals surface area contributed by atoms with Gasteiger partial charge in [0.2, 0.25) is 0 Å². The van der Waals surface area contributed by atoms with Crippen LogP contribution in [0.4, 0.5) is 5.69 Å². The Labute approximate surface area is 259 Å². The van der Waals surface area contributed by atoms with E-state index in [0.29, 0.717) is 43.3 Å². The van der Waals surface area contributed by atoms with E-state index in [2.05, 4.69) is 12.2 Å². The van der Waals surface area contributed by atoms with E-state index < -0.39 is 17.8 Å². The van der Waals surface area contributed by atoms with Gasteiger partial charge < -0.3 is 14.8 Å². The van der Waals surface area contributed by atoms with E-state index in [4.69, 9.17) is 18.5 Å². The van der Waals surface area contributed by atoms with E-state index in [0.717, 1.165) is 48.3 Å². The summed E-state index contributed by atoms with van der Waals surface area (Å²) in [5.74, 6) is 0.204. The molecule has 5 rings (SSSR count). The average Bonchev–Trinajstić information content (AvgIpc) is 3.15. The molecular weight excluding hydrogens is 601 g/mol. The molecular formula is C33H39NO8PS+. The van der Waals surface area contributed by atoms with Crippen molar-refractivity contribution in [1.82, 2.24) is 0 Å². The van der Waals surface area contributed by atoms with E-state index in [1.807, 2.05) is 24.3 Å². The number of carbonyl (C=O) groups excluding carboxylic acids is 1. The highest BCUT2D eigenvalue weighted by Crippen LogP contribution is 2.61. The number of carbonyl (C=O) groups is 1. The van der Waals surface area contributed by atoms with Crippen LogP contribution in [0.5, 0.6) is 5.75 Å². The van der Waals surface area contributed by atoms with E-state index in [9.17, 15) is 18.1 Å². The summed E-state index contributed by atoms with van der Waals surface area (Å²) in [7, 11) is -6.48. The van der Waals surface area contributed by atoms with Gasteiger partial charge in [0.25, 0.3) is 5.91 Å². The molecule has 1 fully saturated rings. The lowest BCUT2D eigenvalue weighted by Gasteiger charge is -2.21. The van der Waals surface area contributed by atoms with Gasteiger partial charge in [0, 0.05) is 24.3 Å². The van der Waals surface area contributed by atoms with Gasteiger partial charge >= 0.3 is 7.94 Å². The molecule has 0 unspecified atom stereocenters. The standard InChI is InChI=1S/C33H38NO8PS/c1-2-3-16-39-19-20-40-31-12-7-26(8-13-31)27-9-14-32-29(22-27)23-28(15-21-44(32,37)38)33(35)34-30-10-5-25(6-11-30)24-43(36)41-17-4-18-42-43/h5-14,22-23,36H,2-4,15-21,24H2,1H3/p+1. The Hall–Kier alpha value is -3.11. The molecule has 9 nitrogen and oxygen atoms in total. The predicted octanol–water partition coefficient (Wildman–Crippen LogP) is 6.44. The summed E-state index contributed by atoms with van der Waals surface area (Å²) in [4.78, 5) is 24.0. The maximum Gasteiger partial charge on any atom is 0.413 e. The molecule has 0 aliphatic carbocycles. The zero-order chi connectivity index (χ0) is 31.0. The number of fused-ring (bicyclic) bond motifs is 1. The van der Waals surface area contributed by atoms with Crippen molar-refractivity contribution in [2.24, 2.45) is 0 Å². The lowest BCUT2D eigenvalue weighted by atomic mass is 10.0. The first kappa shape index (κ1) is 32.3. The summed E-state index contributed by atoms with van der Waals surface area (Å²) >= 11 is 0. The number of hydrogen-bond donors (Lipinski definition) is 2. The van der Waals surface area contributed by atoms with Crippen molar-refractivity contribution < 1.29 is 36.6 Å². The smallest absolute Gasteiger partial charge is 0.413 e. The highest BCUT2D eigenvalue weighted by atomic mass is 32.2. The quantitative estimate of drug-likeness (QED) is 0.171. The SMILES string of the molecule is CCCCOCCOc1ccc(-c2ccc3c(c2)C=C(C(=O)Nc2ccc(C[P+]4(O)OCCCO4)cc2)CCS3(=O)=O)cc1. The maximum absolute atomic E-state index is 13.3. The molecule has 3 aromatic rings. The highest BCUT2D eigenvalue weighted by Gasteiger charge is 2.43. The Morgan fingerprint density at radius 2 is 1.68 bits per heavy atom. The van der Waals surface area contributed by atoms with Crippen LogP contribution in [0.3, 0.4) is 0 Å². The number of hydrogen-bond acceptors (Lipinski definition) is 8. The van der Waals surface area contributed by atoms with Crippen molar-refractivity contribution in [2.75, 3.05) is 44.1 Å². The molecule has 1 saturated heterocycles. The summed E-state index contributed by atoms with van der Waals surface area (Å²) in [5.41, 5.74) is 3.98. The molecule has 1 amide bonds. The second-order valence-corrected chi connectivity index (χ2v) is 15.0. The van der Waals surface area contributed by atoms with Crippen LogP contribution in [-0.2, 0) is 34.6 Å². The summed E-state index contributed by atoms with van der Waals surface area (Å²) < 4.78 is 48.4. The summed E-state index contributed by atoms with van der Waals surface area (Å²) in [6, 6.07) is 19.9. The zero-order valence-corrected chi connectivity index (χ0v) is 26.6. The van der Waals surface area contributed by atoms with Crippen LogP contribution < -0.4 is 10.1 Å². The Morgan fingerprint density at radius 3 is 2.41 bits per heavy atom. The Morgan fingerprint density at radius 1 is 0.955 bits per heavy atom. The summed E-state index contributed by atoms with van der Waals surface area (Å²) in [5, 5.41) is 2.88. The Kier molecular flexibility index (Phi) is 10.8. The minimum absolute atomic E-state index is 0.0939. The molecule has 2 aliphatic heterocycles. The molecule has 2 aliphatic rings. The number of ether oxygens (including phenoxy) is 2.